The van der Waals surface area contributed by atoms with Crippen LogP contribution < -0.4 is 0 Å². The van der Waals surface area contributed by atoms with Crippen LogP contribution in [0.5, 0.6) is 0 Å². The number of benzene rings is 1. The van der Waals surface area contributed by atoms with Crippen LogP contribution in [-0.2, 0) is 16.6 Å². The summed E-state index contributed by atoms with van der Waals surface area (Å²) in [6.07, 6.45) is 5.95. The zero-order valence-corrected chi connectivity index (χ0v) is 13.8. The van der Waals surface area contributed by atoms with Crippen molar-refractivity contribution >= 4 is 15.6 Å². The molecule has 0 saturated heterocycles. The normalized spacial score (nSPS) is 15.6. The van der Waals surface area contributed by atoms with Gasteiger partial charge in [0, 0.05) is 18.7 Å². The molecule has 1 aliphatic rings. The predicted molar refractivity (Wildman–Crippen MR) is 90.3 cm³/mol. The van der Waals surface area contributed by atoms with Crippen LogP contribution in [0, 0.1) is 6.92 Å². The third kappa shape index (κ3) is 3.02. The van der Waals surface area contributed by atoms with Gasteiger partial charge >= 0.3 is 0 Å². The second-order valence-corrected chi connectivity index (χ2v) is 7.55. The monoisotopic (exact) mass is 329 g/mol. The molecule has 0 spiro atoms. The lowest BCUT2D eigenvalue weighted by Gasteiger charge is -2.19. The van der Waals surface area contributed by atoms with Crippen molar-refractivity contribution in [1.29, 1.82) is 0 Å². The first kappa shape index (κ1) is 15.8. The Kier molecular flexibility index (Phi) is 4.24. The van der Waals surface area contributed by atoms with Gasteiger partial charge < -0.3 is 4.42 Å². The molecule has 2 heterocycles. The molecule has 0 N–H and O–H groups in total. The molecule has 23 heavy (non-hydrogen) atoms. The van der Waals surface area contributed by atoms with Gasteiger partial charge in [0.25, 0.3) is 0 Å². The highest BCUT2D eigenvalue weighted by atomic mass is 32.2. The number of hydrogen-bond acceptors (Lipinski definition) is 3. The van der Waals surface area contributed by atoms with Crippen LogP contribution in [0.3, 0.4) is 0 Å². The second kappa shape index (κ2) is 6.18. The molecule has 0 unspecified atom stereocenters. The van der Waals surface area contributed by atoms with E-state index < -0.39 is 10.0 Å². The molecule has 5 heteroatoms. The number of nitrogens with zero attached hydrogens (tertiary/aromatic N) is 1. The lowest BCUT2D eigenvalue weighted by Crippen LogP contribution is -2.30. The molecule has 0 atom stereocenters. The Morgan fingerprint density at radius 3 is 2.70 bits per heavy atom. The fraction of sp³-hybridized carbons (Fsp3) is 0.222. The van der Waals surface area contributed by atoms with Crippen molar-refractivity contribution < 1.29 is 12.8 Å². The molecule has 0 fully saturated rings. The van der Waals surface area contributed by atoms with Gasteiger partial charge in [0.2, 0.25) is 10.0 Å². The topological polar surface area (TPSA) is 50.5 Å². The third-order valence-corrected chi connectivity index (χ3v) is 5.78. The minimum absolute atomic E-state index is 0.305. The summed E-state index contributed by atoms with van der Waals surface area (Å²) in [6, 6.07) is 8.76. The van der Waals surface area contributed by atoms with Crippen molar-refractivity contribution in [2.75, 3.05) is 6.54 Å². The van der Waals surface area contributed by atoms with E-state index in [4.69, 9.17) is 4.42 Å². The van der Waals surface area contributed by atoms with Crippen LogP contribution in [0.15, 0.2) is 64.6 Å². The van der Waals surface area contributed by atoms with E-state index in [0.717, 1.165) is 22.5 Å². The zero-order chi connectivity index (χ0) is 16.4. The Morgan fingerprint density at radius 2 is 2.00 bits per heavy atom. The number of rotatable bonds is 4. The number of furan rings is 1. The molecular formula is C18H19NO3S. The summed E-state index contributed by atoms with van der Waals surface area (Å²) in [5.74, 6) is 0.756. The standard InChI is InChI=1S/C18H19NO3S/c1-3-4-15-9-11-19(13-16-10-12-22-18(15)16)23(20,21)17-7-5-14(2)6-8-17/h3,5-10,12H,1,4,11,13H2,2H3. The Hall–Kier alpha value is -2.11. The first-order valence-corrected chi connectivity index (χ1v) is 8.90. The lowest BCUT2D eigenvalue weighted by atomic mass is 10.1. The van der Waals surface area contributed by atoms with Gasteiger partial charge in [-0.2, -0.15) is 4.31 Å². The molecule has 3 rings (SSSR count). The van der Waals surface area contributed by atoms with E-state index in [1.807, 2.05) is 31.2 Å². The Morgan fingerprint density at radius 1 is 1.26 bits per heavy atom. The Bertz CT molecular complexity index is 845. The van der Waals surface area contributed by atoms with Gasteiger partial charge in [0.1, 0.15) is 5.76 Å². The molecule has 0 aliphatic carbocycles. The van der Waals surface area contributed by atoms with Crippen molar-refractivity contribution in [3.63, 3.8) is 0 Å². The molecule has 2 aromatic rings. The van der Waals surface area contributed by atoms with Crippen molar-refractivity contribution in [2.24, 2.45) is 0 Å². The lowest BCUT2D eigenvalue weighted by molar-refractivity contribution is 0.438. The fourth-order valence-corrected chi connectivity index (χ4v) is 4.03. The smallest absolute Gasteiger partial charge is 0.243 e. The van der Waals surface area contributed by atoms with Crippen LogP contribution in [0.4, 0.5) is 0 Å². The van der Waals surface area contributed by atoms with Gasteiger partial charge in [0.15, 0.2) is 0 Å². The molecular weight excluding hydrogens is 310 g/mol. The van der Waals surface area contributed by atoms with Crippen LogP contribution in [0.25, 0.3) is 5.57 Å². The summed E-state index contributed by atoms with van der Waals surface area (Å²) in [6.45, 7) is 6.31. The van der Waals surface area contributed by atoms with E-state index in [0.29, 0.717) is 24.4 Å². The van der Waals surface area contributed by atoms with E-state index in [-0.39, 0.29) is 0 Å². The first-order valence-electron chi connectivity index (χ1n) is 7.46. The van der Waals surface area contributed by atoms with Gasteiger partial charge in [0.05, 0.1) is 11.2 Å². The second-order valence-electron chi connectivity index (χ2n) is 5.61. The number of aryl methyl sites for hydroxylation is 1. The zero-order valence-electron chi connectivity index (χ0n) is 13.0. The summed E-state index contributed by atoms with van der Waals surface area (Å²) in [7, 11) is -3.54. The van der Waals surface area contributed by atoms with Crippen molar-refractivity contribution in [3.05, 3.63) is 72.2 Å². The molecule has 0 saturated carbocycles. The van der Waals surface area contributed by atoms with E-state index in [1.165, 1.54) is 4.31 Å². The van der Waals surface area contributed by atoms with Gasteiger partial charge in [-0.15, -0.1) is 6.58 Å². The van der Waals surface area contributed by atoms with Crippen LogP contribution in [0.1, 0.15) is 23.3 Å². The van der Waals surface area contributed by atoms with Crippen LogP contribution >= 0.6 is 0 Å². The SMILES string of the molecule is C=CCC1=CCN(S(=O)(=O)c2ccc(C)cc2)Cc2ccoc21. The van der Waals surface area contributed by atoms with Crippen molar-refractivity contribution in [1.82, 2.24) is 4.31 Å². The summed E-state index contributed by atoms with van der Waals surface area (Å²) >= 11 is 0. The number of allylic oxidation sites excluding steroid dienone is 2. The maximum atomic E-state index is 12.9. The van der Waals surface area contributed by atoms with E-state index in [2.05, 4.69) is 6.58 Å². The Balaban J connectivity index is 1.98. The quantitative estimate of drug-likeness (QED) is 0.803. The average Bonchev–Trinajstić information content (AvgIpc) is 2.91. The summed E-state index contributed by atoms with van der Waals surface area (Å²) < 4.78 is 32.8. The third-order valence-electron chi connectivity index (χ3n) is 3.95. The highest BCUT2D eigenvalue weighted by Crippen LogP contribution is 2.30. The largest absolute Gasteiger partial charge is 0.464 e. The summed E-state index contributed by atoms with van der Waals surface area (Å²) in [4.78, 5) is 0.314. The summed E-state index contributed by atoms with van der Waals surface area (Å²) in [5.41, 5.74) is 2.89. The molecule has 1 aromatic carbocycles. The van der Waals surface area contributed by atoms with Crippen molar-refractivity contribution in [3.8, 4) is 0 Å². The predicted octanol–water partition coefficient (Wildman–Crippen LogP) is 3.75. The molecule has 120 valence electrons. The molecule has 1 aromatic heterocycles. The fourth-order valence-electron chi connectivity index (χ4n) is 2.68. The molecule has 0 bridgehead atoms. The average molecular weight is 329 g/mol. The summed E-state index contributed by atoms with van der Waals surface area (Å²) in [5, 5.41) is 0. The van der Waals surface area contributed by atoms with Crippen LogP contribution in [-0.4, -0.2) is 19.3 Å². The Labute approximate surface area is 136 Å². The maximum Gasteiger partial charge on any atom is 0.243 e. The van der Waals surface area contributed by atoms with Crippen molar-refractivity contribution in [2.45, 2.75) is 24.8 Å². The number of sulfonamides is 1. The van der Waals surface area contributed by atoms with Gasteiger partial charge in [-0.25, -0.2) is 8.42 Å². The van der Waals surface area contributed by atoms with Gasteiger partial charge in [-0.05, 0) is 37.1 Å². The van der Waals surface area contributed by atoms with E-state index in [9.17, 15) is 8.42 Å². The highest BCUT2D eigenvalue weighted by Gasteiger charge is 2.28. The van der Waals surface area contributed by atoms with E-state index in [1.54, 1.807) is 24.5 Å². The maximum absolute atomic E-state index is 12.9. The molecule has 4 nitrogen and oxygen atoms in total. The first-order chi connectivity index (χ1) is 11.0. The van der Waals surface area contributed by atoms with Gasteiger partial charge in [-0.1, -0.05) is 29.8 Å². The minimum atomic E-state index is -3.54. The number of hydrogen-bond donors (Lipinski definition) is 0. The van der Waals surface area contributed by atoms with E-state index >= 15 is 0 Å². The number of fused-ring (bicyclic) bond motifs is 1. The van der Waals surface area contributed by atoms with Gasteiger partial charge in [-0.3, -0.25) is 0 Å². The highest BCUT2D eigenvalue weighted by molar-refractivity contribution is 7.89. The van der Waals surface area contributed by atoms with Crippen LogP contribution in [0.2, 0.25) is 0 Å². The molecule has 0 amide bonds. The molecule has 1 aliphatic heterocycles. The minimum Gasteiger partial charge on any atom is -0.464 e. The molecule has 0 radical (unpaired) electrons.